The van der Waals surface area contributed by atoms with Crippen molar-refractivity contribution in [2.75, 3.05) is 0 Å². The summed E-state index contributed by atoms with van der Waals surface area (Å²) in [6.07, 6.45) is 3.08. The number of fused-ring (bicyclic) bond motifs is 1. The van der Waals surface area contributed by atoms with Gasteiger partial charge in [0.1, 0.15) is 10.5 Å². The maximum atomic E-state index is 5.42. The molecule has 0 aliphatic heterocycles. The third-order valence-corrected chi connectivity index (χ3v) is 4.38. The molecule has 0 radical (unpaired) electrons. The molecule has 3 heteroatoms. The van der Waals surface area contributed by atoms with Crippen LogP contribution >= 0.6 is 12.2 Å². The summed E-state index contributed by atoms with van der Waals surface area (Å²) in [7, 11) is 0. The number of benzene rings is 1. The topological polar surface area (TPSA) is 28.7 Å². The third-order valence-electron chi connectivity index (χ3n) is 4.04. The van der Waals surface area contributed by atoms with E-state index < -0.39 is 0 Å². The lowest BCUT2D eigenvalue weighted by atomic mass is 10.0. The first-order valence-electron chi connectivity index (χ1n) is 6.85. The Labute approximate surface area is 118 Å². The highest BCUT2D eigenvalue weighted by Gasteiger charge is 2.24. The number of aromatic amines is 1. The van der Waals surface area contributed by atoms with Crippen LogP contribution in [0.25, 0.3) is 0 Å². The number of aryl methyl sites for hydroxylation is 1. The summed E-state index contributed by atoms with van der Waals surface area (Å²) >= 11 is 5.42. The molecule has 0 amide bonds. The normalized spacial score (nSPS) is 14.6. The van der Waals surface area contributed by atoms with E-state index in [1.54, 1.807) is 0 Å². The Morgan fingerprint density at radius 3 is 2.42 bits per heavy atom. The molecular weight excluding hydrogens is 252 g/mol. The fraction of sp³-hybridized carbons (Fsp3) is 0.375. The quantitative estimate of drug-likeness (QED) is 0.839. The smallest absolute Gasteiger partial charge is 0.133 e. The highest BCUT2D eigenvalue weighted by atomic mass is 32.1. The van der Waals surface area contributed by atoms with E-state index in [1.807, 2.05) is 0 Å². The predicted molar refractivity (Wildman–Crippen MR) is 80.1 cm³/mol. The lowest BCUT2D eigenvalue weighted by molar-refractivity contribution is 0.672. The average molecular weight is 270 g/mol. The molecule has 2 aromatic rings. The Bertz CT molecular complexity index is 648. The van der Waals surface area contributed by atoms with E-state index in [4.69, 9.17) is 12.2 Å². The minimum Gasteiger partial charge on any atom is -0.347 e. The van der Waals surface area contributed by atoms with Gasteiger partial charge in [-0.2, -0.15) is 0 Å². The second-order valence-electron chi connectivity index (χ2n) is 5.26. The molecule has 0 unspecified atom stereocenters. The molecule has 0 saturated carbocycles. The first kappa shape index (κ1) is 12.5. The van der Waals surface area contributed by atoms with Crippen molar-refractivity contribution in [3.05, 3.63) is 57.1 Å². The van der Waals surface area contributed by atoms with E-state index in [1.165, 1.54) is 22.4 Å². The SMILES string of the molecule is CCc1c(C)[nH]c(C2Cc3ccccc3C2)nc1=S. The maximum absolute atomic E-state index is 5.42. The minimum atomic E-state index is 0.448. The molecule has 1 aliphatic carbocycles. The second-order valence-corrected chi connectivity index (χ2v) is 5.64. The summed E-state index contributed by atoms with van der Waals surface area (Å²) < 4.78 is 0.768. The maximum Gasteiger partial charge on any atom is 0.133 e. The molecule has 0 atom stereocenters. The number of nitrogens with zero attached hydrogens (tertiary/aromatic N) is 1. The Morgan fingerprint density at radius 2 is 1.89 bits per heavy atom. The van der Waals surface area contributed by atoms with E-state index in [2.05, 4.69) is 48.1 Å². The van der Waals surface area contributed by atoms with E-state index in [0.29, 0.717) is 5.92 Å². The Balaban J connectivity index is 1.96. The standard InChI is InChI=1S/C16H18N2S/c1-3-14-10(2)17-15(18-16(14)19)13-8-11-6-4-5-7-12(11)9-13/h4-7,13H,3,8-9H2,1-2H3,(H,17,18,19). The van der Waals surface area contributed by atoms with Crippen LogP contribution in [-0.2, 0) is 19.3 Å². The molecule has 1 heterocycles. The zero-order valence-electron chi connectivity index (χ0n) is 11.4. The molecule has 0 bridgehead atoms. The molecule has 19 heavy (non-hydrogen) atoms. The number of aromatic nitrogens is 2. The van der Waals surface area contributed by atoms with Crippen LogP contribution in [0.1, 0.15) is 41.1 Å². The molecule has 3 rings (SSSR count). The number of nitrogens with one attached hydrogen (secondary N) is 1. The van der Waals surface area contributed by atoms with E-state index in [-0.39, 0.29) is 0 Å². The predicted octanol–water partition coefficient (Wildman–Crippen LogP) is 3.89. The van der Waals surface area contributed by atoms with Crippen molar-refractivity contribution in [2.45, 2.75) is 39.0 Å². The van der Waals surface area contributed by atoms with Gasteiger partial charge in [-0.05, 0) is 37.3 Å². The monoisotopic (exact) mass is 270 g/mol. The third kappa shape index (κ3) is 2.23. The summed E-state index contributed by atoms with van der Waals surface area (Å²) in [5.74, 6) is 1.50. The molecule has 1 aliphatic rings. The lowest BCUT2D eigenvalue weighted by Crippen LogP contribution is -2.08. The fourth-order valence-corrected chi connectivity index (χ4v) is 3.39. The van der Waals surface area contributed by atoms with Crippen LogP contribution in [0.15, 0.2) is 24.3 Å². The average Bonchev–Trinajstić information content (AvgIpc) is 2.82. The molecular formula is C16H18N2S. The van der Waals surface area contributed by atoms with Gasteiger partial charge in [0, 0.05) is 17.2 Å². The summed E-state index contributed by atoms with van der Waals surface area (Å²) in [4.78, 5) is 8.10. The summed E-state index contributed by atoms with van der Waals surface area (Å²) in [5, 5.41) is 0. The van der Waals surface area contributed by atoms with Crippen LogP contribution < -0.4 is 0 Å². The molecule has 0 spiro atoms. The molecule has 1 N–H and O–H groups in total. The van der Waals surface area contributed by atoms with Gasteiger partial charge in [0.25, 0.3) is 0 Å². The van der Waals surface area contributed by atoms with Gasteiger partial charge in [0.15, 0.2) is 0 Å². The van der Waals surface area contributed by atoms with Crippen LogP contribution in [0.4, 0.5) is 0 Å². The summed E-state index contributed by atoms with van der Waals surface area (Å²) in [6.45, 7) is 4.22. The van der Waals surface area contributed by atoms with Crippen LogP contribution in [0.3, 0.4) is 0 Å². The Morgan fingerprint density at radius 1 is 1.26 bits per heavy atom. The zero-order valence-corrected chi connectivity index (χ0v) is 12.2. The number of hydrogen-bond donors (Lipinski definition) is 1. The van der Waals surface area contributed by atoms with Crippen molar-refractivity contribution in [1.29, 1.82) is 0 Å². The molecule has 2 nitrogen and oxygen atoms in total. The lowest BCUT2D eigenvalue weighted by Gasteiger charge is -2.12. The van der Waals surface area contributed by atoms with Gasteiger partial charge in [-0.15, -0.1) is 0 Å². The van der Waals surface area contributed by atoms with E-state index in [9.17, 15) is 0 Å². The first-order valence-corrected chi connectivity index (χ1v) is 7.26. The van der Waals surface area contributed by atoms with Gasteiger partial charge in [-0.3, -0.25) is 0 Å². The summed E-state index contributed by atoms with van der Waals surface area (Å²) in [5.41, 5.74) is 5.25. The number of hydrogen-bond acceptors (Lipinski definition) is 2. The Hall–Kier alpha value is -1.48. The Kier molecular flexibility index (Phi) is 3.23. The summed E-state index contributed by atoms with van der Waals surface area (Å²) in [6, 6.07) is 8.67. The van der Waals surface area contributed by atoms with Crippen LogP contribution in [-0.4, -0.2) is 9.97 Å². The number of rotatable bonds is 2. The molecule has 1 aromatic carbocycles. The van der Waals surface area contributed by atoms with Crippen molar-refractivity contribution < 1.29 is 0 Å². The van der Waals surface area contributed by atoms with E-state index in [0.717, 1.165) is 29.7 Å². The molecule has 98 valence electrons. The zero-order chi connectivity index (χ0) is 13.4. The van der Waals surface area contributed by atoms with Crippen molar-refractivity contribution in [1.82, 2.24) is 9.97 Å². The van der Waals surface area contributed by atoms with Gasteiger partial charge in [-0.1, -0.05) is 43.4 Å². The second kappa shape index (κ2) is 4.89. The fourth-order valence-electron chi connectivity index (χ4n) is 2.99. The van der Waals surface area contributed by atoms with Crippen LogP contribution in [0, 0.1) is 11.6 Å². The van der Waals surface area contributed by atoms with Crippen molar-refractivity contribution in [3.8, 4) is 0 Å². The van der Waals surface area contributed by atoms with Crippen LogP contribution in [0.5, 0.6) is 0 Å². The van der Waals surface area contributed by atoms with Gasteiger partial charge < -0.3 is 4.98 Å². The van der Waals surface area contributed by atoms with Crippen LogP contribution in [0.2, 0.25) is 0 Å². The minimum absolute atomic E-state index is 0.448. The van der Waals surface area contributed by atoms with Crippen molar-refractivity contribution in [2.24, 2.45) is 0 Å². The van der Waals surface area contributed by atoms with Gasteiger partial charge >= 0.3 is 0 Å². The van der Waals surface area contributed by atoms with Gasteiger partial charge in [0.2, 0.25) is 0 Å². The molecule has 1 aromatic heterocycles. The van der Waals surface area contributed by atoms with Gasteiger partial charge in [0.05, 0.1) is 0 Å². The molecule has 0 fully saturated rings. The highest BCUT2D eigenvalue weighted by molar-refractivity contribution is 7.71. The highest BCUT2D eigenvalue weighted by Crippen LogP contribution is 2.32. The number of H-pyrrole nitrogens is 1. The first-order chi connectivity index (χ1) is 9.19. The van der Waals surface area contributed by atoms with Crippen molar-refractivity contribution in [3.63, 3.8) is 0 Å². The van der Waals surface area contributed by atoms with Gasteiger partial charge in [-0.25, -0.2) is 4.98 Å². The van der Waals surface area contributed by atoms with Crippen molar-refractivity contribution >= 4 is 12.2 Å². The largest absolute Gasteiger partial charge is 0.347 e. The molecule has 0 saturated heterocycles. The van der Waals surface area contributed by atoms with E-state index >= 15 is 0 Å².